The summed E-state index contributed by atoms with van der Waals surface area (Å²) in [5.41, 5.74) is 0. The molecule has 1 atom stereocenters. The maximum atomic E-state index is 12.9. The first-order valence-corrected chi connectivity index (χ1v) is 34.2. The van der Waals surface area contributed by atoms with Crippen LogP contribution < -0.4 is 0 Å². The second-order valence-corrected chi connectivity index (χ2v) is 23.5. The van der Waals surface area contributed by atoms with Gasteiger partial charge in [0.15, 0.2) is 6.10 Å². The lowest BCUT2D eigenvalue weighted by Gasteiger charge is -2.18. The average molecular weight is 1060 g/mol. The van der Waals surface area contributed by atoms with Gasteiger partial charge in [0, 0.05) is 19.3 Å². The zero-order valence-corrected chi connectivity index (χ0v) is 51.1. The van der Waals surface area contributed by atoms with Crippen molar-refractivity contribution in [3.8, 4) is 0 Å². The average Bonchev–Trinajstić information content (AvgIpc) is 3.41. The standard InChI is InChI=1S/C69H132O6/c1-4-7-10-13-16-19-22-25-27-29-30-31-32-33-34-35-36-37-38-39-40-41-43-44-47-50-53-56-59-62-68(71)74-65-66(64-73-67(70)61-58-55-52-49-46-24-21-18-15-12-9-6-3)75-69(72)63-60-57-54-51-48-45-42-28-26-23-20-17-14-11-8-5-2/h28,42,66H,4-27,29-41,43-65H2,1-3H3/b42-28-. The van der Waals surface area contributed by atoms with Gasteiger partial charge in [-0.15, -0.1) is 0 Å². The molecule has 0 heterocycles. The van der Waals surface area contributed by atoms with Crippen LogP contribution in [0.3, 0.4) is 0 Å². The van der Waals surface area contributed by atoms with E-state index in [1.165, 1.54) is 289 Å². The fourth-order valence-corrected chi connectivity index (χ4v) is 10.6. The summed E-state index contributed by atoms with van der Waals surface area (Å²) >= 11 is 0. The molecule has 0 aliphatic heterocycles. The normalized spacial score (nSPS) is 12.0. The molecule has 75 heavy (non-hydrogen) atoms. The number of rotatable bonds is 64. The Morgan fingerprint density at radius 1 is 0.253 bits per heavy atom. The highest BCUT2D eigenvalue weighted by Crippen LogP contribution is 2.19. The van der Waals surface area contributed by atoms with Crippen LogP contribution in [0.5, 0.6) is 0 Å². The first kappa shape index (κ1) is 73.2. The summed E-state index contributed by atoms with van der Waals surface area (Å²) in [5.74, 6) is -0.845. The van der Waals surface area contributed by atoms with Gasteiger partial charge in [-0.25, -0.2) is 0 Å². The van der Waals surface area contributed by atoms with Crippen molar-refractivity contribution < 1.29 is 28.6 Å². The number of esters is 3. The van der Waals surface area contributed by atoms with Crippen molar-refractivity contribution >= 4 is 17.9 Å². The summed E-state index contributed by atoms with van der Waals surface area (Å²) in [6.45, 7) is 6.70. The summed E-state index contributed by atoms with van der Waals surface area (Å²) in [6, 6.07) is 0. The molecule has 0 aliphatic rings. The number of unbranched alkanes of at least 4 members (excludes halogenated alkanes) is 51. The van der Waals surface area contributed by atoms with Crippen molar-refractivity contribution in [1.29, 1.82) is 0 Å². The van der Waals surface area contributed by atoms with Crippen LogP contribution in [0.15, 0.2) is 12.2 Å². The first-order valence-electron chi connectivity index (χ1n) is 34.2. The Morgan fingerprint density at radius 3 is 0.667 bits per heavy atom. The lowest BCUT2D eigenvalue weighted by molar-refractivity contribution is -0.167. The maximum absolute atomic E-state index is 12.9. The number of ether oxygens (including phenoxy) is 3. The van der Waals surface area contributed by atoms with Crippen molar-refractivity contribution in [3.63, 3.8) is 0 Å². The fraction of sp³-hybridized carbons (Fsp3) is 0.928. The van der Waals surface area contributed by atoms with Gasteiger partial charge in [0.2, 0.25) is 0 Å². The van der Waals surface area contributed by atoms with Gasteiger partial charge in [0.25, 0.3) is 0 Å². The molecule has 0 fully saturated rings. The van der Waals surface area contributed by atoms with Gasteiger partial charge < -0.3 is 14.2 Å². The van der Waals surface area contributed by atoms with Crippen molar-refractivity contribution in [2.75, 3.05) is 13.2 Å². The lowest BCUT2D eigenvalue weighted by atomic mass is 10.0. The van der Waals surface area contributed by atoms with Crippen LogP contribution in [0.4, 0.5) is 0 Å². The summed E-state index contributed by atoms with van der Waals surface area (Å²) in [7, 11) is 0. The SMILES string of the molecule is CCCCCCCCC/C=C\CCCCCCCC(=O)OC(COC(=O)CCCCCCCCCCCCCC)COC(=O)CCCCCCCCCCCCCCCCCCCCCCCCCCCCCCC. The van der Waals surface area contributed by atoms with E-state index in [9.17, 15) is 14.4 Å². The zero-order valence-electron chi connectivity index (χ0n) is 51.1. The van der Waals surface area contributed by atoms with E-state index in [2.05, 4.69) is 32.9 Å². The molecule has 0 aliphatic carbocycles. The van der Waals surface area contributed by atoms with Crippen LogP contribution in [0.1, 0.15) is 393 Å². The van der Waals surface area contributed by atoms with E-state index in [1.807, 2.05) is 0 Å². The third-order valence-electron chi connectivity index (χ3n) is 15.8. The Bertz CT molecular complexity index is 1170. The monoisotopic (exact) mass is 1060 g/mol. The largest absolute Gasteiger partial charge is 0.462 e. The lowest BCUT2D eigenvalue weighted by Crippen LogP contribution is -2.30. The Kier molecular flexibility index (Phi) is 63.1. The molecular formula is C69H132O6. The van der Waals surface area contributed by atoms with Crippen LogP contribution in [-0.2, 0) is 28.6 Å². The third kappa shape index (κ3) is 62.9. The van der Waals surface area contributed by atoms with Crippen LogP contribution >= 0.6 is 0 Å². The molecule has 0 bridgehead atoms. The predicted molar refractivity (Wildman–Crippen MR) is 326 cm³/mol. The molecule has 1 unspecified atom stereocenters. The number of carbonyl (C=O) groups is 3. The zero-order chi connectivity index (χ0) is 54.3. The van der Waals surface area contributed by atoms with E-state index in [4.69, 9.17) is 14.2 Å². The number of allylic oxidation sites excluding steroid dienone is 2. The minimum atomic E-state index is -0.770. The Hall–Kier alpha value is -1.85. The van der Waals surface area contributed by atoms with Crippen LogP contribution in [-0.4, -0.2) is 37.2 Å². The van der Waals surface area contributed by atoms with Gasteiger partial charge in [-0.3, -0.25) is 14.4 Å². The van der Waals surface area contributed by atoms with Gasteiger partial charge in [0.05, 0.1) is 0 Å². The molecule has 0 aromatic carbocycles. The van der Waals surface area contributed by atoms with Gasteiger partial charge in [-0.05, 0) is 44.9 Å². The second kappa shape index (κ2) is 64.7. The highest BCUT2D eigenvalue weighted by molar-refractivity contribution is 5.71. The predicted octanol–water partition coefficient (Wildman–Crippen LogP) is 23.2. The molecule has 6 nitrogen and oxygen atoms in total. The quantitative estimate of drug-likeness (QED) is 0.0261. The Labute approximate surface area is 469 Å². The van der Waals surface area contributed by atoms with Crippen molar-refractivity contribution in [3.05, 3.63) is 12.2 Å². The maximum Gasteiger partial charge on any atom is 0.306 e. The van der Waals surface area contributed by atoms with Crippen LogP contribution in [0.2, 0.25) is 0 Å². The van der Waals surface area contributed by atoms with E-state index in [1.54, 1.807) is 0 Å². The number of hydrogen-bond donors (Lipinski definition) is 0. The molecule has 0 saturated carbocycles. The van der Waals surface area contributed by atoms with E-state index < -0.39 is 6.10 Å². The van der Waals surface area contributed by atoms with E-state index in [-0.39, 0.29) is 31.1 Å². The fourth-order valence-electron chi connectivity index (χ4n) is 10.6. The summed E-state index contributed by atoms with van der Waals surface area (Å²) < 4.78 is 16.9. The van der Waals surface area contributed by atoms with Gasteiger partial charge in [-0.2, -0.15) is 0 Å². The molecule has 444 valence electrons. The summed E-state index contributed by atoms with van der Waals surface area (Å²) in [5, 5.41) is 0. The van der Waals surface area contributed by atoms with E-state index in [0.717, 1.165) is 64.2 Å². The molecule has 0 N–H and O–H groups in total. The smallest absolute Gasteiger partial charge is 0.306 e. The number of hydrogen-bond acceptors (Lipinski definition) is 6. The molecule has 0 rings (SSSR count). The van der Waals surface area contributed by atoms with Crippen LogP contribution in [0, 0.1) is 0 Å². The van der Waals surface area contributed by atoms with E-state index >= 15 is 0 Å². The van der Waals surface area contributed by atoms with Gasteiger partial charge >= 0.3 is 17.9 Å². The molecule has 0 spiro atoms. The van der Waals surface area contributed by atoms with Crippen molar-refractivity contribution in [1.82, 2.24) is 0 Å². The molecule has 0 aromatic heterocycles. The number of carbonyl (C=O) groups excluding carboxylic acids is 3. The van der Waals surface area contributed by atoms with Gasteiger partial charge in [-0.1, -0.05) is 341 Å². The highest BCUT2D eigenvalue weighted by atomic mass is 16.6. The van der Waals surface area contributed by atoms with Crippen molar-refractivity contribution in [2.45, 2.75) is 399 Å². The Balaban J connectivity index is 4.12. The first-order chi connectivity index (χ1) is 37.0. The Morgan fingerprint density at radius 2 is 0.440 bits per heavy atom. The molecule has 0 amide bonds. The summed E-state index contributed by atoms with van der Waals surface area (Å²) in [4.78, 5) is 38.3. The van der Waals surface area contributed by atoms with Crippen LogP contribution in [0.25, 0.3) is 0 Å². The minimum absolute atomic E-state index is 0.0670. The minimum Gasteiger partial charge on any atom is -0.462 e. The molecule has 0 saturated heterocycles. The molecule has 0 radical (unpaired) electrons. The topological polar surface area (TPSA) is 78.9 Å². The highest BCUT2D eigenvalue weighted by Gasteiger charge is 2.19. The molecular weight excluding hydrogens is 925 g/mol. The van der Waals surface area contributed by atoms with E-state index in [0.29, 0.717) is 19.3 Å². The summed E-state index contributed by atoms with van der Waals surface area (Å²) in [6.07, 6.45) is 76.8. The van der Waals surface area contributed by atoms with Crippen molar-refractivity contribution in [2.24, 2.45) is 0 Å². The second-order valence-electron chi connectivity index (χ2n) is 23.5. The third-order valence-corrected chi connectivity index (χ3v) is 15.8. The molecule has 6 heteroatoms. The van der Waals surface area contributed by atoms with Gasteiger partial charge in [0.1, 0.15) is 13.2 Å². The molecule has 0 aromatic rings.